The van der Waals surface area contributed by atoms with Crippen LogP contribution in [0.2, 0.25) is 0 Å². The molecule has 5 rings (SSSR count). The zero-order valence-corrected chi connectivity index (χ0v) is 15.9. The van der Waals surface area contributed by atoms with Crippen molar-refractivity contribution in [3.8, 4) is 5.69 Å². The van der Waals surface area contributed by atoms with Crippen LogP contribution in [0.5, 0.6) is 0 Å². The Balaban J connectivity index is 1.47. The predicted molar refractivity (Wildman–Crippen MR) is 104 cm³/mol. The van der Waals surface area contributed by atoms with Crippen molar-refractivity contribution in [1.82, 2.24) is 14.7 Å². The molecule has 3 aromatic rings. The van der Waals surface area contributed by atoms with Crippen LogP contribution in [-0.4, -0.2) is 39.7 Å². The van der Waals surface area contributed by atoms with Crippen LogP contribution in [0.4, 0.5) is 4.39 Å². The highest BCUT2D eigenvalue weighted by Crippen LogP contribution is 2.39. The van der Waals surface area contributed by atoms with E-state index < -0.39 is 0 Å². The Morgan fingerprint density at radius 3 is 2.78 bits per heavy atom. The van der Waals surface area contributed by atoms with Gasteiger partial charge in [-0.25, -0.2) is 9.07 Å². The van der Waals surface area contributed by atoms with Crippen molar-refractivity contribution in [2.45, 2.75) is 25.8 Å². The zero-order chi connectivity index (χ0) is 18.7. The molecule has 2 fully saturated rings. The normalized spacial score (nSPS) is 24.7. The smallest absolute Gasteiger partial charge is 0.264 e. The number of thiophene rings is 1. The number of benzene rings is 1. The Bertz CT molecular complexity index is 1020. The second-order valence-corrected chi connectivity index (χ2v) is 8.71. The van der Waals surface area contributed by atoms with Crippen LogP contribution in [0, 0.1) is 24.6 Å². The number of likely N-dealkylation sites (tertiary alicyclic amines) is 1. The third kappa shape index (κ3) is 2.68. The quantitative estimate of drug-likeness (QED) is 0.737. The number of fused-ring (bicyclic) bond motifs is 2. The van der Waals surface area contributed by atoms with Gasteiger partial charge >= 0.3 is 0 Å². The Morgan fingerprint density at radius 1 is 1.26 bits per heavy atom. The minimum Gasteiger partial charge on any atom is -0.337 e. The van der Waals surface area contributed by atoms with E-state index in [4.69, 9.17) is 5.73 Å². The van der Waals surface area contributed by atoms with E-state index in [1.165, 1.54) is 23.5 Å². The van der Waals surface area contributed by atoms with Crippen LogP contribution < -0.4 is 5.73 Å². The minimum absolute atomic E-state index is 0.0860. The molecule has 3 atom stereocenters. The number of halogens is 1. The minimum atomic E-state index is -0.279. The Hall–Kier alpha value is -2.25. The van der Waals surface area contributed by atoms with Crippen molar-refractivity contribution < 1.29 is 9.18 Å². The average Bonchev–Trinajstić information content (AvgIpc) is 3.39. The maximum absolute atomic E-state index is 13.2. The molecule has 0 bridgehead atoms. The number of carbonyl (C=O) groups is 1. The molecule has 2 aliphatic rings. The number of hydrogen-bond donors (Lipinski definition) is 1. The third-order valence-corrected chi connectivity index (χ3v) is 7.12. The molecule has 140 valence electrons. The summed E-state index contributed by atoms with van der Waals surface area (Å²) in [6.45, 7) is 3.51. The van der Waals surface area contributed by atoms with Gasteiger partial charge in [-0.1, -0.05) is 0 Å². The number of nitrogens with two attached hydrogens (primary N) is 1. The van der Waals surface area contributed by atoms with Gasteiger partial charge in [-0.15, -0.1) is 11.3 Å². The van der Waals surface area contributed by atoms with Crippen molar-refractivity contribution in [3.05, 3.63) is 46.7 Å². The molecule has 1 saturated heterocycles. The van der Waals surface area contributed by atoms with Crippen molar-refractivity contribution in [1.29, 1.82) is 0 Å². The number of aryl methyl sites for hydroxylation is 1. The number of carbonyl (C=O) groups excluding carboxylic acids is 1. The number of nitrogens with zero attached hydrogens (tertiary/aromatic N) is 3. The fraction of sp³-hybridized carbons (Fsp3) is 0.400. The number of aromatic nitrogens is 2. The van der Waals surface area contributed by atoms with Crippen LogP contribution >= 0.6 is 11.3 Å². The van der Waals surface area contributed by atoms with Gasteiger partial charge in [0, 0.05) is 24.5 Å². The van der Waals surface area contributed by atoms with E-state index >= 15 is 0 Å². The molecule has 1 aliphatic heterocycles. The van der Waals surface area contributed by atoms with Gasteiger partial charge in [0.1, 0.15) is 10.6 Å². The lowest BCUT2D eigenvalue weighted by Crippen LogP contribution is -2.33. The number of hydrogen-bond acceptors (Lipinski definition) is 4. The van der Waals surface area contributed by atoms with E-state index in [0.717, 1.165) is 52.4 Å². The van der Waals surface area contributed by atoms with Crippen LogP contribution in [0.15, 0.2) is 30.3 Å². The Morgan fingerprint density at radius 2 is 2.04 bits per heavy atom. The summed E-state index contributed by atoms with van der Waals surface area (Å²) in [7, 11) is 0. The topological polar surface area (TPSA) is 64.2 Å². The highest BCUT2D eigenvalue weighted by atomic mass is 32.1. The van der Waals surface area contributed by atoms with Gasteiger partial charge in [0.2, 0.25) is 0 Å². The highest BCUT2D eigenvalue weighted by molar-refractivity contribution is 7.20. The summed E-state index contributed by atoms with van der Waals surface area (Å²) >= 11 is 1.45. The van der Waals surface area contributed by atoms with Gasteiger partial charge < -0.3 is 10.6 Å². The van der Waals surface area contributed by atoms with E-state index in [9.17, 15) is 9.18 Å². The molecule has 1 aliphatic carbocycles. The molecule has 1 saturated carbocycles. The first-order chi connectivity index (χ1) is 13.0. The Kier molecular flexibility index (Phi) is 3.84. The SMILES string of the molecule is Cc1nn(-c2ccc(F)cc2)c2sc(C(=O)N3CC4CCC(N)C4C3)cc12. The molecule has 27 heavy (non-hydrogen) atoms. The predicted octanol–water partition coefficient (Wildman–Crippen LogP) is 3.34. The first-order valence-corrected chi connectivity index (χ1v) is 10.1. The van der Waals surface area contributed by atoms with Crippen molar-refractivity contribution in [2.75, 3.05) is 13.1 Å². The van der Waals surface area contributed by atoms with Gasteiger partial charge in [-0.05, 0) is 61.9 Å². The molecular formula is C20H21FN4OS. The van der Waals surface area contributed by atoms with Gasteiger partial charge in [0.25, 0.3) is 5.91 Å². The van der Waals surface area contributed by atoms with Crippen LogP contribution in [0.1, 0.15) is 28.2 Å². The number of amides is 1. The summed E-state index contributed by atoms with van der Waals surface area (Å²) in [6.07, 6.45) is 2.20. The zero-order valence-electron chi connectivity index (χ0n) is 15.1. The molecule has 7 heteroatoms. The molecule has 5 nitrogen and oxygen atoms in total. The molecule has 1 amide bonds. The fourth-order valence-corrected chi connectivity index (χ4v) is 5.69. The number of rotatable bonds is 2. The van der Waals surface area contributed by atoms with Crippen molar-refractivity contribution >= 4 is 27.5 Å². The second-order valence-electron chi connectivity index (χ2n) is 7.68. The van der Waals surface area contributed by atoms with Gasteiger partial charge in [0.05, 0.1) is 16.3 Å². The largest absolute Gasteiger partial charge is 0.337 e. The van der Waals surface area contributed by atoms with Gasteiger partial charge in [0.15, 0.2) is 0 Å². The van der Waals surface area contributed by atoms with Crippen LogP contribution in [0.3, 0.4) is 0 Å². The first kappa shape index (κ1) is 16.9. The van der Waals surface area contributed by atoms with E-state index in [0.29, 0.717) is 11.8 Å². The maximum Gasteiger partial charge on any atom is 0.264 e. The monoisotopic (exact) mass is 384 g/mol. The van der Waals surface area contributed by atoms with Crippen molar-refractivity contribution in [3.63, 3.8) is 0 Å². The fourth-order valence-electron chi connectivity index (χ4n) is 4.54. The van der Waals surface area contributed by atoms with E-state index in [2.05, 4.69) is 5.10 Å². The Labute approximate surface area is 160 Å². The second kappa shape index (κ2) is 6.14. The van der Waals surface area contributed by atoms with Gasteiger partial charge in [-0.2, -0.15) is 5.10 Å². The average molecular weight is 384 g/mol. The molecule has 2 N–H and O–H groups in total. The first-order valence-electron chi connectivity index (χ1n) is 9.31. The summed E-state index contributed by atoms with van der Waals surface area (Å²) in [4.78, 5) is 16.7. The molecule has 2 aromatic heterocycles. The lowest BCUT2D eigenvalue weighted by atomic mass is 9.98. The summed E-state index contributed by atoms with van der Waals surface area (Å²) in [5.41, 5.74) is 7.86. The molecule has 3 unspecified atom stereocenters. The molecule has 1 aromatic carbocycles. The molecule has 3 heterocycles. The lowest BCUT2D eigenvalue weighted by molar-refractivity contribution is 0.0784. The van der Waals surface area contributed by atoms with Crippen LogP contribution in [0.25, 0.3) is 15.9 Å². The summed E-state index contributed by atoms with van der Waals surface area (Å²) in [5, 5.41) is 5.54. The van der Waals surface area contributed by atoms with E-state index in [-0.39, 0.29) is 17.8 Å². The van der Waals surface area contributed by atoms with Crippen molar-refractivity contribution in [2.24, 2.45) is 17.6 Å². The van der Waals surface area contributed by atoms with Gasteiger partial charge in [-0.3, -0.25) is 4.79 Å². The summed E-state index contributed by atoms with van der Waals surface area (Å²) < 4.78 is 15.0. The lowest BCUT2D eigenvalue weighted by Gasteiger charge is -2.17. The molecular weight excluding hydrogens is 363 g/mol. The van der Waals surface area contributed by atoms with Crippen LogP contribution in [-0.2, 0) is 0 Å². The molecule has 0 radical (unpaired) electrons. The standard InChI is InChI=1S/C20H21FN4OS/c1-11-15-8-18(19(26)24-9-12-2-7-17(22)16(12)10-24)27-20(15)25(23-11)14-5-3-13(21)4-6-14/h3-6,8,12,16-17H,2,7,9-10,22H2,1H3. The molecule has 0 spiro atoms. The van der Waals surface area contributed by atoms with E-state index in [1.807, 2.05) is 17.9 Å². The summed E-state index contributed by atoms with van der Waals surface area (Å²) in [6, 6.07) is 8.41. The highest BCUT2D eigenvalue weighted by Gasteiger charge is 2.42. The maximum atomic E-state index is 13.2. The summed E-state index contributed by atoms with van der Waals surface area (Å²) in [5.74, 6) is 0.802. The third-order valence-electron chi connectivity index (χ3n) is 6.03. The van der Waals surface area contributed by atoms with E-state index in [1.54, 1.807) is 16.8 Å².